The summed E-state index contributed by atoms with van der Waals surface area (Å²) in [4.78, 5) is 13.4. The molecule has 0 unspecified atom stereocenters. The van der Waals surface area contributed by atoms with Crippen LogP contribution in [0.4, 0.5) is 0 Å². The van der Waals surface area contributed by atoms with Gasteiger partial charge in [-0.3, -0.25) is 4.79 Å². The van der Waals surface area contributed by atoms with E-state index in [-0.39, 0.29) is 33.7 Å². The molecule has 3 fully saturated rings. The van der Waals surface area contributed by atoms with Crippen molar-refractivity contribution in [1.29, 1.82) is 0 Å². The van der Waals surface area contributed by atoms with Gasteiger partial charge in [-0.1, -0.05) is 32.9 Å². The average Bonchev–Trinajstić information content (AvgIpc) is 2.75. The summed E-state index contributed by atoms with van der Waals surface area (Å²) in [5.74, 6) is 0.217. The summed E-state index contributed by atoms with van der Waals surface area (Å²) in [5.41, 5.74) is 2.31. The van der Waals surface area contributed by atoms with E-state index in [1.54, 1.807) is 6.07 Å². The summed E-state index contributed by atoms with van der Waals surface area (Å²) in [5, 5.41) is 22.5. The molecule has 0 amide bonds. The SMILES string of the molecule is Cc1ccc2c(C)c(O)c(O)cc2c1CC[C@@]12OC(=O)[C@]3(C)CC[C@](C)(CCC1(C)C)[C@H]2C3. The molecular formula is C29H38O4. The Hall–Kier alpha value is -2.23. The maximum Gasteiger partial charge on any atom is 0.312 e. The number of esters is 1. The minimum absolute atomic E-state index is 0.0103. The van der Waals surface area contributed by atoms with Gasteiger partial charge in [-0.25, -0.2) is 0 Å². The number of fused-ring (bicyclic) bond motifs is 2. The van der Waals surface area contributed by atoms with Crippen LogP contribution in [0, 0.1) is 36.0 Å². The van der Waals surface area contributed by atoms with Gasteiger partial charge in [0.25, 0.3) is 0 Å². The van der Waals surface area contributed by atoms with E-state index < -0.39 is 5.60 Å². The standard InChI is InChI=1S/C29H38O4/c1-17-7-8-20-18(2)24(31)22(30)15-21(20)19(17)9-10-29-23-16-28(6,25(32)33-29)14-13-27(23,5)12-11-26(29,3)4/h7-8,15,23,30-31H,9-14,16H2,1-6H3/t23-,27+,28-,29+/m1/s1. The third-order valence-electron chi connectivity index (χ3n) is 10.2. The third-order valence-corrected chi connectivity index (χ3v) is 10.2. The number of phenolic OH excluding ortho intramolecular Hbond substituents is 2. The fourth-order valence-corrected chi connectivity index (χ4v) is 7.52. The molecule has 1 saturated heterocycles. The van der Waals surface area contributed by atoms with Crippen LogP contribution in [0.3, 0.4) is 0 Å². The average molecular weight is 451 g/mol. The highest BCUT2D eigenvalue weighted by atomic mass is 16.6. The van der Waals surface area contributed by atoms with Gasteiger partial charge in [0.1, 0.15) is 5.60 Å². The zero-order chi connectivity index (χ0) is 24.0. The Morgan fingerprint density at radius 3 is 2.42 bits per heavy atom. The van der Waals surface area contributed by atoms with Crippen molar-refractivity contribution >= 4 is 16.7 Å². The summed E-state index contributed by atoms with van der Waals surface area (Å²) in [6, 6.07) is 5.81. The van der Waals surface area contributed by atoms with Gasteiger partial charge in [-0.2, -0.15) is 0 Å². The van der Waals surface area contributed by atoms with E-state index in [1.807, 2.05) is 13.0 Å². The fraction of sp³-hybridized carbons (Fsp3) is 0.621. The second-order valence-electron chi connectivity index (χ2n) is 12.5. The summed E-state index contributed by atoms with van der Waals surface area (Å²) in [6.45, 7) is 13.1. The number of phenols is 2. The molecule has 2 aliphatic carbocycles. The molecule has 1 aliphatic heterocycles. The lowest BCUT2D eigenvalue weighted by Gasteiger charge is -2.67. The molecule has 33 heavy (non-hydrogen) atoms. The Balaban J connectivity index is 1.60. The first kappa shape index (κ1) is 22.6. The molecule has 4 nitrogen and oxygen atoms in total. The highest BCUT2D eigenvalue weighted by molar-refractivity contribution is 5.93. The molecule has 2 saturated carbocycles. The lowest BCUT2D eigenvalue weighted by Crippen LogP contribution is -2.68. The highest BCUT2D eigenvalue weighted by Gasteiger charge is 2.68. The number of hydrogen-bond donors (Lipinski definition) is 2. The molecule has 4 atom stereocenters. The van der Waals surface area contributed by atoms with Crippen molar-refractivity contribution in [2.24, 2.45) is 22.2 Å². The first-order chi connectivity index (χ1) is 15.3. The van der Waals surface area contributed by atoms with Gasteiger partial charge in [0.2, 0.25) is 0 Å². The minimum atomic E-state index is -0.486. The molecular weight excluding hydrogens is 412 g/mol. The summed E-state index contributed by atoms with van der Waals surface area (Å²) >= 11 is 0. The maximum absolute atomic E-state index is 13.4. The molecule has 5 rings (SSSR count). The monoisotopic (exact) mass is 450 g/mol. The second kappa shape index (κ2) is 6.90. The van der Waals surface area contributed by atoms with E-state index in [1.165, 1.54) is 12.0 Å². The van der Waals surface area contributed by atoms with E-state index in [9.17, 15) is 15.0 Å². The number of rotatable bonds is 3. The molecule has 0 radical (unpaired) electrons. The molecule has 0 spiro atoms. The first-order valence-electron chi connectivity index (χ1n) is 12.5. The van der Waals surface area contributed by atoms with Crippen LogP contribution in [0.2, 0.25) is 0 Å². The van der Waals surface area contributed by atoms with E-state index in [2.05, 4.69) is 40.7 Å². The topological polar surface area (TPSA) is 66.8 Å². The smallest absolute Gasteiger partial charge is 0.312 e. The van der Waals surface area contributed by atoms with Crippen molar-refractivity contribution in [1.82, 2.24) is 0 Å². The number of carbonyl (C=O) groups excluding carboxylic acids is 1. The number of ether oxygens (including phenoxy) is 1. The number of benzene rings is 2. The number of hydrogen-bond acceptors (Lipinski definition) is 4. The molecule has 0 aromatic heterocycles. The van der Waals surface area contributed by atoms with Crippen LogP contribution in [-0.4, -0.2) is 21.8 Å². The molecule has 2 N–H and O–H groups in total. The number of aryl methyl sites for hydroxylation is 3. The lowest BCUT2D eigenvalue weighted by atomic mass is 9.43. The zero-order valence-corrected chi connectivity index (χ0v) is 21.0. The Morgan fingerprint density at radius 1 is 1.00 bits per heavy atom. The highest BCUT2D eigenvalue weighted by Crippen LogP contribution is 2.68. The third kappa shape index (κ3) is 2.98. The first-order valence-corrected chi connectivity index (χ1v) is 12.5. The fourth-order valence-electron chi connectivity index (χ4n) is 7.52. The lowest BCUT2D eigenvalue weighted by molar-refractivity contribution is -0.268. The largest absolute Gasteiger partial charge is 0.504 e. The molecule has 3 aliphatic rings. The zero-order valence-electron chi connectivity index (χ0n) is 21.0. The van der Waals surface area contributed by atoms with Crippen molar-refractivity contribution in [3.8, 4) is 11.5 Å². The molecule has 2 aromatic rings. The van der Waals surface area contributed by atoms with E-state index in [4.69, 9.17) is 4.74 Å². The van der Waals surface area contributed by atoms with Crippen LogP contribution >= 0.6 is 0 Å². The van der Waals surface area contributed by atoms with Gasteiger partial charge in [-0.05, 0) is 99.1 Å². The normalized spacial score (nSPS) is 34.8. The molecule has 2 aromatic carbocycles. The van der Waals surface area contributed by atoms with Crippen LogP contribution in [0.1, 0.15) is 82.9 Å². The van der Waals surface area contributed by atoms with Crippen LogP contribution < -0.4 is 0 Å². The van der Waals surface area contributed by atoms with E-state index >= 15 is 0 Å². The van der Waals surface area contributed by atoms with Gasteiger partial charge in [0.15, 0.2) is 11.5 Å². The van der Waals surface area contributed by atoms with Crippen molar-refractivity contribution in [3.63, 3.8) is 0 Å². The predicted octanol–water partition coefficient (Wildman–Crippen LogP) is 6.73. The van der Waals surface area contributed by atoms with Crippen LogP contribution in [0.25, 0.3) is 10.8 Å². The summed E-state index contributed by atoms with van der Waals surface area (Å²) < 4.78 is 6.61. The predicted molar refractivity (Wildman–Crippen MR) is 130 cm³/mol. The maximum atomic E-state index is 13.4. The van der Waals surface area contributed by atoms with Crippen LogP contribution in [-0.2, 0) is 16.0 Å². The van der Waals surface area contributed by atoms with Crippen molar-refractivity contribution in [3.05, 3.63) is 34.9 Å². The molecule has 178 valence electrons. The number of aromatic hydroxyl groups is 2. The molecule has 1 heterocycles. The van der Waals surface area contributed by atoms with Crippen LogP contribution in [0.15, 0.2) is 18.2 Å². The van der Waals surface area contributed by atoms with Crippen molar-refractivity contribution < 1.29 is 19.7 Å². The Labute approximate surface area is 197 Å². The van der Waals surface area contributed by atoms with E-state index in [0.717, 1.165) is 54.9 Å². The van der Waals surface area contributed by atoms with Gasteiger partial charge < -0.3 is 14.9 Å². The van der Waals surface area contributed by atoms with Gasteiger partial charge in [0.05, 0.1) is 5.41 Å². The van der Waals surface area contributed by atoms with E-state index in [0.29, 0.717) is 11.5 Å². The van der Waals surface area contributed by atoms with Crippen molar-refractivity contribution in [2.45, 2.75) is 92.1 Å². The quantitative estimate of drug-likeness (QED) is 0.402. The number of carbonyl (C=O) groups is 1. The Morgan fingerprint density at radius 2 is 1.70 bits per heavy atom. The Kier molecular flexibility index (Phi) is 4.71. The second-order valence-corrected chi connectivity index (χ2v) is 12.5. The van der Waals surface area contributed by atoms with Gasteiger partial charge >= 0.3 is 5.97 Å². The Bertz CT molecular complexity index is 1160. The molecule has 4 heteroatoms. The molecule has 2 bridgehead atoms. The summed E-state index contributed by atoms with van der Waals surface area (Å²) in [6.07, 6.45) is 6.76. The van der Waals surface area contributed by atoms with Crippen molar-refractivity contribution in [2.75, 3.05) is 0 Å². The van der Waals surface area contributed by atoms with Crippen LogP contribution in [0.5, 0.6) is 11.5 Å². The minimum Gasteiger partial charge on any atom is -0.504 e. The van der Waals surface area contributed by atoms with Gasteiger partial charge in [-0.15, -0.1) is 0 Å². The van der Waals surface area contributed by atoms with Gasteiger partial charge in [0, 0.05) is 16.9 Å². The summed E-state index contributed by atoms with van der Waals surface area (Å²) in [7, 11) is 0.